The third-order valence-corrected chi connectivity index (χ3v) is 4.60. The molecule has 0 aromatic heterocycles. The summed E-state index contributed by atoms with van der Waals surface area (Å²) in [6.45, 7) is 0. The number of rotatable bonds is 2. The van der Waals surface area contributed by atoms with Gasteiger partial charge >= 0.3 is 0 Å². The topological polar surface area (TPSA) is 94.3 Å². The Hall–Kier alpha value is -0.600. The van der Waals surface area contributed by atoms with Crippen LogP contribution in [0.4, 0.5) is 5.69 Å². The summed E-state index contributed by atoms with van der Waals surface area (Å²) in [5.74, 6) is 0. The molecule has 0 bridgehead atoms. The molecule has 0 unspecified atom stereocenters. The Kier molecular flexibility index (Phi) is 3.37. The summed E-state index contributed by atoms with van der Waals surface area (Å²) in [7, 11) is -7.12. The van der Waals surface area contributed by atoms with Crippen molar-refractivity contribution in [3.63, 3.8) is 0 Å². The Bertz CT molecular complexity index is 581. The van der Waals surface area contributed by atoms with E-state index in [-0.39, 0.29) is 15.5 Å². The zero-order valence-electron chi connectivity index (χ0n) is 8.56. The van der Waals surface area contributed by atoms with Gasteiger partial charge in [-0.05, 0) is 12.1 Å². The van der Waals surface area contributed by atoms with Crippen molar-refractivity contribution < 1.29 is 16.8 Å². The summed E-state index contributed by atoms with van der Waals surface area (Å²) >= 11 is 3.05. The molecule has 0 aliphatic heterocycles. The van der Waals surface area contributed by atoms with Crippen LogP contribution in [-0.4, -0.2) is 29.3 Å². The number of hydrogen-bond acceptors (Lipinski definition) is 5. The molecule has 1 aromatic rings. The van der Waals surface area contributed by atoms with E-state index in [0.717, 1.165) is 12.5 Å². The van der Waals surface area contributed by atoms with E-state index in [1.165, 1.54) is 12.1 Å². The van der Waals surface area contributed by atoms with Gasteiger partial charge in [-0.1, -0.05) is 15.9 Å². The fourth-order valence-corrected chi connectivity index (χ4v) is 3.71. The van der Waals surface area contributed by atoms with Crippen LogP contribution in [0, 0.1) is 0 Å². The van der Waals surface area contributed by atoms with E-state index in [1.807, 2.05) is 0 Å². The van der Waals surface area contributed by atoms with Crippen LogP contribution in [0.3, 0.4) is 0 Å². The summed E-state index contributed by atoms with van der Waals surface area (Å²) in [5.41, 5.74) is 5.30. The normalized spacial score (nSPS) is 12.7. The highest BCUT2D eigenvalue weighted by Gasteiger charge is 2.20. The van der Waals surface area contributed by atoms with E-state index >= 15 is 0 Å². The summed E-state index contributed by atoms with van der Waals surface area (Å²) < 4.78 is 45.9. The first-order valence-corrected chi connectivity index (χ1v) is 8.60. The number of nitrogen functional groups attached to an aromatic ring is 1. The molecule has 0 fully saturated rings. The van der Waals surface area contributed by atoms with Crippen molar-refractivity contribution in [1.29, 1.82) is 0 Å². The maximum absolute atomic E-state index is 11.4. The predicted molar refractivity (Wildman–Crippen MR) is 64.8 cm³/mol. The molecule has 0 radical (unpaired) electrons. The third kappa shape index (κ3) is 2.74. The molecule has 0 aliphatic rings. The maximum Gasteiger partial charge on any atom is 0.177 e. The second-order valence-electron chi connectivity index (χ2n) is 3.36. The molecule has 0 aliphatic carbocycles. The highest BCUT2D eigenvalue weighted by Crippen LogP contribution is 2.30. The van der Waals surface area contributed by atoms with Gasteiger partial charge in [0, 0.05) is 17.0 Å². The molecule has 0 heterocycles. The lowest BCUT2D eigenvalue weighted by Gasteiger charge is -2.09. The number of sulfone groups is 2. The SMILES string of the molecule is CS(=O)(=O)c1cc(Br)cc(S(C)(=O)=O)c1N. The minimum absolute atomic E-state index is 0.192. The van der Waals surface area contributed by atoms with Crippen LogP contribution in [0.5, 0.6) is 0 Å². The number of halogens is 1. The van der Waals surface area contributed by atoms with E-state index in [9.17, 15) is 16.8 Å². The minimum Gasteiger partial charge on any atom is -0.397 e. The number of benzene rings is 1. The molecule has 0 saturated heterocycles. The molecule has 0 saturated carbocycles. The lowest BCUT2D eigenvalue weighted by Crippen LogP contribution is -2.08. The smallest absolute Gasteiger partial charge is 0.177 e. The van der Waals surface area contributed by atoms with Crippen molar-refractivity contribution in [2.75, 3.05) is 18.2 Å². The molecular weight excluding hydrogens is 318 g/mol. The first-order valence-electron chi connectivity index (χ1n) is 4.02. The Morgan fingerprint density at radius 2 is 1.31 bits per heavy atom. The van der Waals surface area contributed by atoms with Crippen LogP contribution in [0.15, 0.2) is 26.4 Å². The van der Waals surface area contributed by atoms with Gasteiger partial charge in [-0.2, -0.15) is 0 Å². The van der Waals surface area contributed by atoms with E-state index < -0.39 is 19.7 Å². The number of nitrogens with two attached hydrogens (primary N) is 1. The fraction of sp³-hybridized carbons (Fsp3) is 0.250. The lowest BCUT2D eigenvalue weighted by molar-refractivity contribution is 0.601. The standard InChI is InChI=1S/C8H10BrNO4S2/c1-15(11,12)6-3-5(9)4-7(8(6)10)16(2,13)14/h3-4H,10H2,1-2H3. The zero-order chi connectivity index (χ0) is 12.7. The fourth-order valence-electron chi connectivity index (χ4n) is 1.18. The molecule has 16 heavy (non-hydrogen) atoms. The van der Waals surface area contributed by atoms with E-state index in [0.29, 0.717) is 4.47 Å². The van der Waals surface area contributed by atoms with Gasteiger partial charge in [0.1, 0.15) is 0 Å². The lowest BCUT2D eigenvalue weighted by atomic mass is 10.3. The first kappa shape index (κ1) is 13.5. The zero-order valence-corrected chi connectivity index (χ0v) is 11.8. The van der Waals surface area contributed by atoms with Crippen molar-refractivity contribution in [3.05, 3.63) is 16.6 Å². The minimum atomic E-state index is -3.56. The summed E-state index contributed by atoms with van der Waals surface area (Å²) in [5, 5.41) is 0. The monoisotopic (exact) mass is 327 g/mol. The molecule has 2 N–H and O–H groups in total. The molecule has 5 nitrogen and oxygen atoms in total. The molecule has 0 amide bonds. The third-order valence-electron chi connectivity index (χ3n) is 1.87. The first-order chi connectivity index (χ1) is 7.03. The highest BCUT2D eigenvalue weighted by atomic mass is 79.9. The van der Waals surface area contributed by atoms with Gasteiger partial charge in [-0.25, -0.2) is 16.8 Å². The van der Waals surface area contributed by atoms with Crippen LogP contribution < -0.4 is 5.73 Å². The number of hydrogen-bond donors (Lipinski definition) is 1. The van der Waals surface area contributed by atoms with Crippen LogP contribution in [-0.2, 0) is 19.7 Å². The van der Waals surface area contributed by atoms with Crippen LogP contribution in [0.25, 0.3) is 0 Å². The van der Waals surface area contributed by atoms with E-state index in [1.54, 1.807) is 0 Å². The van der Waals surface area contributed by atoms with Crippen LogP contribution >= 0.6 is 15.9 Å². The predicted octanol–water partition coefficient (Wildman–Crippen LogP) is 0.838. The second kappa shape index (κ2) is 4.01. The van der Waals surface area contributed by atoms with Gasteiger partial charge in [0.15, 0.2) is 19.7 Å². The second-order valence-corrected chi connectivity index (χ2v) is 8.24. The van der Waals surface area contributed by atoms with Gasteiger partial charge in [0.2, 0.25) is 0 Å². The van der Waals surface area contributed by atoms with Crippen molar-refractivity contribution in [3.8, 4) is 0 Å². The summed E-state index contributed by atoms with van der Waals surface area (Å²) in [6, 6.07) is 2.55. The highest BCUT2D eigenvalue weighted by molar-refractivity contribution is 9.10. The quantitative estimate of drug-likeness (QED) is 0.812. The van der Waals surface area contributed by atoms with Gasteiger partial charge in [-0.15, -0.1) is 0 Å². The van der Waals surface area contributed by atoms with Crippen molar-refractivity contribution in [2.45, 2.75) is 9.79 Å². The largest absolute Gasteiger partial charge is 0.397 e. The van der Waals surface area contributed by atoms with E-state index in [4.69, 9.17) is 5.73 Å². The molecule has 0 spiro atoms. The maximum atomic E-state index is 11.4. The molecule has 90 valence electrons. The van der Waals surface area contributed by atoms with Crippen molar-refractivity contribution >= 4 is 41.3 Å². The van der Waals surface area contributed by atoms with Crippen molar-refractivity contribution in [2.24, 2.45) is 0 Å². The van der Waals surface area contributed by atoms with Crippen molar-refractivity contribution in [1.82, 2.24) is 0 Å². The average molecular weight is 328 g/mol. The molecule has 1 rings (SSSR count). The van der Waals surface area contributed by atoms with Gasteiger partial charge in [0.05, 0.1) is 15.5 Å². The Balaban J connectivity index is 3.78. The van der Waals surface area contributed by atoms with Gasteiger partial charge in [0.25, 0.3) is 0 Å². The Labute approximate surface area is 103 Å². The Morgan fingerprint density at radius 3 is 1.56 bits per heavy atom. The molecule has 0 atom stereocenters. The molecule has 8 heteroatoms. The number of anilines is 1. The van der Waals surface area contributed by atoms with Gasteiger partial charge < -0.3 is 5.73 Å². The van der Waals surface area contributed by atoms with Crippen LogP contribution in [0.1, 0.15) is 0 Å². The molecular formula is C8H10BrNO4S2. The average Bonchev–Trinajstić information content (AvgIpc) is 2.04. The summed E-state index contributed by atoms with van der Waals surface area (Å²) in [4.78, 5) is -0.385. The Morgan fingerprint density at radius 1 is 1.00 bits per heavy atom. The summed E-state index contributed by atoms with van der Waals surface area (Å²) in [6.07, 6.45) is 1.94. The van der Waals surface area contributed by atoms with Crippen LogP contribution in [0.2, 0.25) is 0 Å². The van der Waals surface area contributed by atoms with Gasteiger partial charge in [-0.3, -0.25) is 0 Å². The molecule has 1 aromatic carbocycles. The van der Waals surface area contributed by atoms with E-state index in [2.05, 4.69) is 15.9 Å².